The van der Waals surface area contributed by atoms with E-state index in [4.69, 9.17) is 17.3 Å². The third-order valence-corrected chi connectivity index (χ3v) is 2.91. The molecule has 1 aromatic heterocycles. The third kappa shape index (κ3) is 3.83. The Balaban J connectivity index is 2.03. The number of hydrogen-bond donors (Lipinski definition) is 2. The summed E-state index contributed by atoms with van der Waals surface area (Å²) >= 11 is 5.79. The maximum absolute atomic E-state index is 11.8. The van der Waals surface area contributed by atoms with Gasteiger partial charge in [0.1, 0.15) is 5.82 Å². The van der Waals surface area contributed by atoms with Crippen LogP contribution in [0.4, 0.5) is 11.5 Å². The second-order valence-corrected chi connectivity index (χ2v) is 4.68. The van der Waals surface area contributed by atoms with Gasteiger partial charge in [-0.05, 0) is 42.8 Å². The van der Waals surface area contributed by atoms with Crippen molar-refractivity contribution in [3.8, 4) is 0 Å². The fraction of sp³-hybridized carbons (Fsp3) is 0.0667. The molecule has 0 aliphatic carbocycles. The number of pyridine rings is 1. The lowest BCUT2D eigenvalue weighted by Gasteiger charge is -2.05. The first-order chi connectivity index (χ1) is 9.54. The number of amides is 1. The van der Waals surface area contributed by atoms with Crippen LogP contribution in [-0.4, -0.2) is 10.9 Å². The molecule has 5 heteroatoms. The van der Waals surface area contributed by atoms with E-state index in [1.807, 2.05) is 12.1 Å². The number of nitrogen functional groups attached to an aromatic ring is 1. The first-order valence-electron chi connectivity index (χ1n) is 6.02. The van der Waals surface area contributed by atoms with Gasteiger partial charge in [-0.3, -0.25) is 4.79 Å². The van der Waals surface area contributed by atoms with Crippen LogP contribution in [-0.2, 0) is 4.79 Å². The normalized spacial score (nSPS) is 10.7. The second-order valence-electron chi connectivity index (χ2n) is 4.24. The van der Waals surface area contributed by atoms with Gasteiger partial charge >= 0.3 is 0 Å². The van der Waals surface area contributed by atoms with Gasteiger partial charge < -0.3 is 11.1 Å². The van der Waals surface area contributed by atoms with Gasteiger partial charge in [0, 0.05) is 11.1 Å². The monoisotopic (exact) mass is 287 g/mol. The lowest BCUT2D eigenvalue weighted by molar-refractivity contribution is -0.111. The Morgan fingerprint density at radius 3 is 2.60 bits per heavy atom. The number of nitrogens with one attached hydrogen (secondary N) is 1. The highest BCUT2D eigenvalue weighted by Gasteiger charge is 2.02. The van der Waals surface area contributed by atoms with E-state index in [1.54, 1.807) is 37.3 Å². The summed E-state index contributed by atoms with van der Waals surface area (Å²) in [6, 6.07) is 10.6. The van der Waals surface area contributed by atoms with Crippen LogP contribution in [0.2, 0.25) is 5.02 Å². The molecule has 2 aromatic rings. The molecule has 3 N–H and O–H groups in total. The van der Waals surface area contributed by atoms with Crippen LogP contribution in [0.15, 0.2) is 42.5 Å². The van der Waals surface area contributed by atoms with Gasteiger partial charge in [0.05, 0.1) is 11.4 Å². The zero-order valence-electron chi connectivity index (χ0n) is 10.9. The molecule has 0 unspecified atom stereocenters. The number of benzene rings is 1. The molecule has 0 spiro atoms. The van der Waals surface area contributed by atoms with Crippen molar-refractivity contribution in [2.45, 2.75) is 6.92 Å². The quantitative estimate of drug-likeness (QED) is 0.851. The van der Waals surface area contributed by atoms with Gasteiger partial charge in [0.15, 0.2) is 0 Å². The minimum Gasteiger partial charge on any atom is -0.384 e. The number of aromatic nitrogens is 1. The standard InChI is InChI=1S/C15H14ClN3O/c1-10-13(7-8-14(17)18-10)19-15(20)9-4-11-2-5-12(16)6-3-11/h2-9H,1H3,(H2,17,18)(H,19,20)/b9-4+. The molecule has 4 nitrogen and oxygen atoms in total. The summed E-state index contributed by atoms with van der Waals surface area (Å²) in [6.07, 6.45) is 3.17. The van der Waals surface area contributed by atoms with Crippen molar-refractivity contribution in [3.63, 3.8) is 0 Å². The fourth-order valence-corrected chi connectivity index (χ4v) is 1.76. The first-order valence-corrected chi connectivity index (χ1v) is 6.40. The molecule has 0 atom stereocenters. The summed E-state index contributed by atoms with van der Waals surface area (Å²) in [5.41, 5.74) is 7.78. The van der Waals surface area contributed by atoms with Crippen LogP contribution >= 0.6 is 11.6 Å². The molecule has 0 fully saturated rings. The Hall–Kier alpha value is -2.33. The summed E-state index contributed by atoms with van der Waals surface area (Å²) in [6.45, 7) is 1.79. The van der Waals surface area contributed by atoms with Gasteiger partial charge in [-0.2, -0.15) is 0 Å². The van der Waals surface area contributed by atoms with E-state index in [1.165, 1.54) is 6.08 Å². The van der Waals surface area contributed by atoms with Gasteiger partial charge in [-0.25, -0.2) is 4.98 Å². The number of nitrogens with zero attached hydrogens (tertiary/aromatic N) is 1. The van der Waals surface area contributed by atoms with Crippen molar-refractivity contribution < 1.29 is 4.79 Å². The Morgan fingerprint density at radius 2 is 1.95 bits per heavy atom. The minimum atomic E-state index is -0.227. The van der Waals surface area contributed by atoms with E-state index in [0.29, 0.717) is 22.2 Å². The Bertz CT molecular complexity index is 651. The van der Waals surface area contributed by atoms with Crippen molar-refractivity contribution in [1.82, 2.24) is 4.98 Å². The molecule has 1 amide bonds. The fourth-order valence-electron chi connectivity index (χ4n) is 1.63. The van der Waals surface area contributed by atoms with Crippen LogP contribution < -0.4 is 11.1 Å². The second kappa shape index (κ2) is 6.21. The lowest BCUT2D eigenvalue weighted by Crippen LogP contribution is -2.10. The number of aryl methyl sites for hydroxylation is 1. The molecule has 102 valence electrons. The molecule has 0 radical (unpaired) electrons. The van der Waals surface area contributed by atoms with E-state index in [9.17, 15) is 4.79 Å². The van der Waals surface area contributed by atoms with Crippen molar-refractivity contribution >= 4 is 35.1 Å². The van der Waals surface area contributed by atoms with Gasteiger partial charge in [-0.15, -0.1) is 0 Å². The predicted octanol–water partition coefficient (Wildman–Crippen LogP) is 3.28. The van der Waals surface area contributed by atoms with Crippen molar-refractivity contribution in [3.05, 3.63) is 58.8 Å². The van der Waals surface area contributed by atoms with Crippen molar-refractivity contribution in [2.24, 2.45) is 0 Å². The number of rotatable bonds is 3. The molecule has 1 aromatic carbocycles. The Labute approximate surface area is 122 Å². The topological polar surface area (TPSA) is 68.0 Å². The van der Waals surface area contributed by atoms with E-state index in [-0.39, 0.29) is 5.91 Å². The number of anilines is 2. The van der Waals surface area contributed by atoms with E-state index in [0.717, 1.165) is 5.56 Å². The number of hydrogen-bond acceptors (Lipinski definition) is 3. The lowest BCUT2D eigenvalue weighted by atomic mass is 10.2. The third-order valence-electron chi connectivity index (χ3n) is 2.66. The molecule has 0 saturated heterocycles. The molecular formula is C15H14ClN3O. The molecule has 0 bridgehead atoms. The zero-order chi connectivity index (χ0) is 14.5. The van der Waals surface area contributed by atoms with Crippen molar-refractivity contribution in [1.29, 1.82) is 0 Å². The van der Waals surface area contributed by atoms with Crippen LogP contribution in [0.25, 0.3) is 6.08 Å². The van der Waals surface area contributed by atoms with Crippen LogP contribution in [0.5, 0.6) is 0 Å². The number of carbonyl (C=O) groups is 1. The molecule has 2 rings (SSSR count). The van der Waals surface area contributed by atoms with E-state index in [2.05, 4.69) is 10.3 Å². The largest absolute Gasteiger partial charge is 0.384 e. The molecule has 20 heavy (non-hydrogen) atoms. The van der Waals surface area contributed by atoms with Crippen molar-refractivity contribution in [2.75, 3.05) is 11.1 Å². The molecule has 0 aliphatic rings. The molecule has 0 saturated carbocycles. The highest BCUT2D eigenvalue weighted by molar-refractivity contribution is 6.30. The minimum absolute atomic E-state index is 0.227. The molecular weight excluding hydrogens is 274 g/mol. The van der Waals surface area contributed by atoms with Gasteiger partial charge in [-0.1, -0.05) is 23.7 Å². The summed E-state index contributed by atoms with van der Waals surface area (Å²) in [4.78, 5) is 15.9. The van der Waals surface area contributed by atoms with Gasteiger partial charge in [0.25, 0.3) is 0 Å². The highest BCUT2D eigenvalue weighted by Crippen LogP contribution is 2.14. The molecule has 1 heterocycles. The van der Waals surface area contributed by atoms with Crippen LogP contribution in [0.1, 0.15) is 11.3 Å². The zero-order valence-corrected chi connectivity index (χ0v) is 11.7. The smallest absolute Gasteiger partial charge is 0.248 e. The van der Waals surface area contributed by atoms with E-state index >= 15 is 0 Å². The van der Waals surface area contributed by atoms with Crippen LogP contribution in [0.3, 0.4) is 0 Å². The first kappa shape index (κ1) is 14.1. The van der Waals surface area contributed by atoms with E-state index < -0.39 is 0 Å². The SMILES string of the molecule is Cc1nc(N)ccc1NC(=O)/C=C/c1ccc(Cl)cc1. The Morgan fingerprint density at radius 1 is 1.25 bits per heavy atom. The predicted molar refractivity (Wildman–Crippen MR) is 82.5 cm³/mol. The number of carbonyl (C=O) groups excluding carboxylic acids is 1. The summed E-state index contributed by atoms with van der Waals surface area (Å²) < 4.78 is 0. The highest BCUT2D eigenvalue weighted by atomic mass is 35.5. The van der Waals surface area contributed by atoms with Crippen LogP contribution in [0, 0.1) is 6.92 Å². The van der Waals surface area contributed by atoms with Gasteiger partial charge in [0.2, 0.25) is 5.91 Å². The average Bonchev–Trinajstić information content (AvgIpc) is 2.41. The Kier molecular flexibility index (Phi) is 4.38. The summed E-state index contributed by atoms with van der Waals surface area (Å²) in [5.74, 6) is 0.201. The summed E-state index contributed by atoms with van der Waals surface area (Å²) in [7, 11) is 0. The maximum atomic E-state index is 11.8. The molecule has 0 aliphatic heterocycles. The number of halogens is 1. The summed E-state index contributed by atoms with van der Waals surface area (Å²) in [5, 5.41) is 3.41. The number of nitrogens with two attached hydrogens (primary N) is 1. The average molecular weight is 288 g/mol. The maximum Gasteiger partial charge on any atom is 0.248 e.